The molecule has 0 heterocycles. The van der Waals surface area contributed by atoms with E-state index >= 15 is 0 Å². The fourth-order valence-electron chi connectivity index (χ4n) is 1.13. The maximum absolute atomic E-state index is 12.8. The molecule has 0 unspecified atom stereocenters. The molecule has 0 bridgehead atoms. The second-order valence-corrected chi connectivity index (χ2v) is 5.65. The van der Waals surface area contributed by atoms with Crippen LogP contribution in [-0.4, -0.2) is 37.4 Å². The van der Waals surface area contributed by atoms with Gasteiger partial charge >= 0.3 is 5.97 Å². The molecule has 0 saturated heterocycles. The summed E-state index contributed by atoms with van der Waals surface area (Å²) < 4.78 is 37.1. The van der Waals surface area contributed by atoms with Gasteiger partial charge in [-0.25, -0.2) is 12.8 Å². The topological polar surface area (TPSA) is 74.7 Å². The van der Waals surface area contributed by atoms with Gasteiger partial charge in [0.05, 0.1) is 5.02 Å². The highest BCUT2D eigenvalue weighted by Crippen LogP contribution is 2.24. The Morgan fingerprint density at radius 1 is 1.53 bits per heavy atom. The highest BCUT2D eigenvalue weighted by Gasteiger charge is 2.25. The van der Waals surface area contributed by atoms with E-state index in [4.69, 9.17) is 16.7 Å². The first kappa shape index (κ1) is 13.9. The Morgan fingerprint density at radius 2 is 2.12 bits per heavy atom. The lowest BCUT2D eigenvalue weighted by atomic mass is 10.3. The van der Waals surface area contributed by atoms with Crippen LogP contribution in [0.25, 0.3) is 0 Å². The van der Waals surface area contributed by atoms with Crippen LogP contribution in [-0.2, 0) is 14.8 Å². The lowest BCUT2D eigenvalue weighted by Crippen LogP contribution is -2.32. The average molecular weight is 282 g/mol. The van der Waals surface area contributed by atoms with Crippen molar-refractivity contribution in [2.75, 3.05) is 13.6 Å². The Morgan fingerprint density at radius 3 is 2.59 bits per heavy atom. The lowest BCUT2D eigenvalue weighted by Gasteiger charge is -2.15. The Kier molecular flexibility index (Phi) is 4.07. The van der Waals surface area contributed by atoms with Gasteiger partial charge in [-0.1, -0.05) is 11.6 Å². The molecular formula is C9H9ClFNO4S. The third kappa shape index (κ3) is 3.15. The molecule has 0 aliphatic rings. The van der Waals surface area contributed by atoms with E-state index in [0.717, 1.165) is 25.2 Å². The first-order chi connectivity index (χ1) is 7.75. The summed E-state index contributed by atoms with van der Waals surface area (Å²) in [5, 5.41) is 8.22. The highest BCUT2D eigenvalue weighted by molar-refractivity contribution is 7.89. The van der Waals surface area contributed by atoms with E-state index < -0.39 is 28.4 Å². The summed E-state index contributed by atoms with van der Waals surface area (Å²) >= 11 is 5.60. The number of hydrogen-bond acceptors (Lipinski definition) is 3. The van der Waals surface area contributed by atoms with Gasteiger partial charge in [-0.15, -0.1) is 0 Å². The second kappa shape index (κ2) is 4.99. The van der Waals surface area contributed by atoms with Crippen molar-refractivity contribution in [3.8, 4) is 0 Å². The molecule has 1 rings (SSSR count). The van der Waals surface area contributed by atoms with Gasteiger partial charge < -0.3 is 5.11 Å². The Bertz CT molecular complexity index is 546. The van der Waals surface area contributed by atoms with Crippen molar-refractivity contribution in [3.05, 3.63) is 29.0 Å². The number of nitrogens with zero attached hydrogens (tertiary/aromatic N) is 1. The van der Waals surface area contributed by atoms with Crippen LogP contribution >= 0.6 is 11.6 Å². The lowest BCUT2D eigenvalue weighted by molar-refractivity contribution is -0.137. The minimum atomic E-state index is -4.03. The maximum Gasteiger partial charge on any atom is 0.318 e. The summed E-state index contributed by atoms with van der Waals surface area (Å²) in [5.74, 6) is -1.97. The van der Waals surface area contributed by atoms with Crippen LogP contribution in [0.5, 0.6) is 0 Å². The predicted octanol–water partition coefficient (Wildman–Crippen LogP) is 1.18. The predicted molar refractivity (Wildman–Crippen MR) is 58.9 cm³/mol. The van der Waals surface area contributed by atoms with Crippen molar-refractivity contribution in [3.63, 3.8) is 0 Å². The summed E-state index contributed by atoms with van der Waals surface area (Å²) in [6, 6.07) is 2.78. The maximum atomic E-state index is 12.8. The normalized spacial score (nSPS) is 11.8. The van der Waals surface area contributed by atoms with Gasteiger partial charge in [-0.2, -0.15) is 4.31 Å². The van der Waals surface area contributed by atoms with Crippen LogP contribution in [0.15, 0.2) is 23.1 Å². The van der Waals surface area contributed by atoms with Crippen molar-refractivity contribution in [2.45, 2.75) is 4.90 Å². The Hall–Kier alpha value is -1.18. The van der Waals surface area contributed by atoms with Crippen LogP contribution < -0.4 is 0 Å². The van der Waals surface area contributed by atoms with Gasteiger partial charge in [0, 0.05) is 7.05 Å². The average Bonchev–Trinajstić information content (AvgIpc) is 2.15. The molecule has 0 radical (unpaired) electrons. The number of carboxylic acid groups (broad SMARTS) is 1. The summed E-state index contributed by atoms with van der Waals surface area (Å²) in [7, 11) is -2.93. The fourth-order valence-corrected chi connectivity index (χ4v) is 2.75. The molecule has 17 heavy (non-hydrogen) atoms. The van der Waals surface area contributed by atoms with Crippen molar-refractivity contribution < 1.29 is 22.7 Å². The summed E-state index contributed by atoms with van der Waals surface area (Å²) in [6.07, 6.45) is 0. The summed E-state index contributed by atoms with van der Waals surface area (Å²) in [5.41, 5.74) is 0. The molecule has 0 saturated carbocycles. The molecule has 0 atom stereocenters. The Labute approximate surface area is 102 Å². The van der Waals surface area contributed by atoms with Gasteiger partial charge in [-0.3, -0.25) is 4.79 Å². The summed E-state index contributed by atoms with van der Waals surface area (Å²) in [4.78, 5) is 10.1. The van der Waals surface area contributed by atoms with E-state index in [-0.39, 0.29) is 9.92 Å². The number of sulfonamides is 1. The third-order valence-corrected chi connectivity index (χ3v) is 4.23. The van der Waals surface area contributed by atoms with Crippen LogP contribution in [0, 0.1) is 5.82 Å². The van der Waals surface area contributed by atoms with Crippen molar-refractivity contribution >= 4 is 27.6 Å². The van der Waals surface area contributed by atoms with Crippen LogP contribution in [0.2, 0.25) is 5.02 Å². The molecule has 8 heteroatoms. The molecule has 1 aromatic rings. The van der Waals surface area contributed by atoms with Gasteiger partial charge in [0.15, 0.2) is 0 Å². The smallest absolute Gasteiger partial charge is 0.318 e. The Balaban J connectivity index is 3.17. The second-order valence-electron chi connectivity index (χ2n) is 3.23. The largest absolute Gasteiger partial charge is 0.480 e. The molecule has 1 aromatic carbocycles. The third-order valence-electron chi connectivity index (χ3n) is 1.94. The number of likely N-dealkylation sites (N-methyl/N-ethyl adjacent to an activating group) is 1. The molecule has 1 N–H and O–H groups in total. The molecule has 0 aliphatic carbocycles. The van der Waals surface area contributed by atoms with E-state index in [9.17, 15) is 17.6 Å². The molecule has 0 aliphatic heterocycles. The SMILES string of the molecule is CN(CC(=O)O)S(=O)(=O)c1ccc(F)cc1Cl. The monoisotopic (exact) mass is 281 g/mol. The number of benzene rings is 1. The zero-order chi connectivity index (χ0) is 13.2. The van der Waals surface area contributed by atoms with E-state index in [1.165, 1.54) is 0 Å². The number of hydrogen-bond donors (Lipinski definition) is 1. The fraction of sp³-hybridized carbons (Fsp3) is 0.222. The molecule has 5 nitrogen and oxygen atoms in total. The minimum absolute atomic E-state index is 0.290. The number of aliphatic carboxylic acids is 1. The van der Waals surface area contributed by atoms with Gasteiger partial charge in [-0.05, 0) is 18.2 Å². The number of halogens is 2. The molecule has 0 spiro atoms. The van der Waals surface area contributed by atoms with Crippen molar-refractivity contribution in [1.82, 2.24) is 4.31 Å². The van der Waals surface area contributed by atoms with E-state index in [1.807, 2.05) is 0 Å². The molecule has 0 amide bonds. The molecule has 0 aromatic heterocycles. The van der Waals surface area contributed by atoms with Crippen molar-refractivity contribution in [1.29, 1.82) is 0 Å². The molecular weight excluding hydrogens is 273 g/mol. The first-order valence-electron chi connectivity index (χ1n) is 4.38. The number of carbonyl (C=O) groups is 1. The van der Waals surface area contributed by atoms with Crippen LogP contribution in [0.1, 0.15) is 0 Å². The quantitative estimate of drug-likeness (QED) is 0.899. The standard InChI is InChI=1S/C9H9ClFNO4S/c1-12(5-9(13)14)17(15,16)8-3-2-6(11)4-7(8)10/h2-4H,5H2,1H3,(H,13,14). The van der Waals surface area contributed by atoms with E-state index in [0.29, 0.717) is 4.31 Å². The minimum Gasteiger partial charge on any atom is -0.480 e. The summed E-state index contributed by atoms with van der Waals surface area (Å²) in [6.45, 7) is -0.698. The van der Waals surface area contributed by atoms with Crippen LogP contribution in [0.4, 0.5) is 4.39 Å². The van der Waals surface area contributed by atoms with E-state index in [1.54, 1.807) is 0 Å². The van der Waals surface area contributed by atoms with Gasteiger partial charge in [0.2, 0.25) is 10.0 Å². The van der Waals surface area contributed by atoms with Crippen molar-refractivity contribution in [2.24, 2.45) is 0 Å². The van der Waals surface area contributed by atoms with Crippen LogP contribution in [0.3, 0.4) is 0 Å². The molecule has 94 valence electrons. The zero-order valence-corrected chi connectivity index (χ0v) is 10.3. The molecule has 0 fully saturated rings. The highest BCUT2D eigenvalue weighted by atomic mass is 35.5. The number of rotatable bonds is 4. The number of carboxylic acids is 1. The first-order valence-corrected chi connectivity index (χ1v) is 6.20. The van der Waals surface area contributed by atoms with Gasteiger partial charge in [0.25, 0.3) is 0 Å². The van der Waals surface area contributed by atoms with E-state index in [2.05, 4.69) is 0 Å². The zero-order valence-electron chi connectivity index (χ0n) is 8.72. The van der Waals surface area contributed by atoms with Gasteiger partial charge in [0.1, 0.15) is 17.3 Å².